The summed E-state index contributed by atoms with van der Waals surface area (Å²) in [4.78, 5) is 20.4. The lowest BCUT2D eigenvalue weighted by atomic mass is 10.1. The molecule has 1 atom stereocenters. The predicted molar refractivity (Wildman–Crippen MR) is 94.3 cm³/mol. The van der Waals surface area contributed by atoms with Gasteiger partial charge in [0.05, 0.1) is 18.9 Å². The van der Waals surface area contributed by atoms with E-state index in [-0.39, 0.29) is 5.91 Å². The summed E-state index contributed by atoms with van der Waals surface area (Å²) >= 11 is 1.72. The summed E-state index contributed by atoms with van der Waals surface area (Å²) in [6, 6.07) is 8.36. The van der Waals surface area contributed by atoms with Crippen LogP contribution in [0.5, 0.6) is 0 Å². The minimum Gasteiger partial charge on any atom is -0.338 e. The van der Waals surface area contributed by atoms with E-state index in [0.29, 0.717) is 6.04 Å². The number of amides is 1. The third kappa shape index (κ3) is 3.01. The van der Waals surface area contributed by atoms with Crippen LogP contribution in [0, 0.1) is 0 Å². The van der Waals surface area contributed by atoms with Crippen LogP contribution in [0.2, 0.25) is 0 Å². The lowest BCUT2D eigenvalue weighted by Crippen LogP contribution is -2.41. The van der Waals surface area contributed by atoms with Crippen LogP contribution in [0.4, 0.5) is 0 Å². The van der Waals surface area contributed by atoms with E-state index in [0.717, 1.165) is 38.2 Å². The van der Waals surface area contributed by atoms with Crippen molar-refractivity contribution in [3.8, 4) is 0 Å². The molecule has 1 aliphatic rings. The van der Waals surface area contributed by atoms with Gasteiger partial charge >= 0.3 is 0 Å². The molecule has 0 saturated carbocycles. The second kappa shape index (κ2) is 6.65. The van der Waals surface area contributed by atoms with Crippen molar-refractivity contribution in [2.75, 3.05) is 13.1 Å². The highest BCUT2D eigenvalue weighted by molar-refractivity contribution is 7.09. The van der Waals surface area contributed by atoms with E-state index >= 15 is 0 Å². The maximum atomic E-state index is 13.0. The summed E-state index contributed by atoms with van der Waals surface area (Å²) in [5.41, 5.74) is 0.773. The summed E-state index contributed by atoms with van der Waals surface area (Å²) in [5, 5.41) is 2.07. The Labute approximate surface area is 145 Å². The maximum absolute atomic E-state index is 13.0. The van der Waals surface area contributed by atoms with Crippen molar-refractivity contribution < 1.29 is 4.79 Å². The third-order valence-electron chi connectivity index (χ3n) is 4.59. The van der Waals surface area contributed by atoms with Gasteiger partial charge in [0.2, 0.25) is 0 Å². The van der Waals surface area contributed by atoms with Gasteiger partial charge in [-0.2, -0.15) is 0 Å². The maximum Gasteiger partial charge on any atom is 0.270 e. The molecule has 0 aromatic carbocycles. The molecule has 1 amide bonds. The smallest absolute Gasteiger partial charge is 0.270 e. The molecule has 5 nitrogen and oxygen atoms in total. The van der Waals surface area contributed by atoms with Crippen LogP contribution < -0.4 is 0 Å². The second-order valence-corrected chi connectivity index (χ2v) is 7.19. The Morgan fingerprint density at radius 2 is 2.25 bits per heavy atom. The van der Waals surface area contributed by atoms with E-state index in [1.807, 2.05) is 41.8 Å². The topological polar surface area (TPSA) is 43.1 Å². The molecule has 0 spiro atoms. The van der Waals surface area contributed by atoms with Crippen LogP contribution in [0.15, 0.2) is 54.6 Å². The van der Waals surface area contributed by atoms with E-state index in [2.05, 4.69) is 25.6 Å². The molecule has 0 aliphatic carbocycles. The van der Waals surface area contributed by atoms with E-state index in [1.54, 1.807) is 17.5 Å². The first-order chi connectivity index (χ1) is 11.8. The van der Waals surface area contributed by atoms with Gasteiger partial charge in [0, 0.05) is 36.6 Å². The molecule has 24 heavy (non-hydrogen) atoms. The highest BCUT2D eigenvalue weighted by Gasteiger charge is 2.26. The van der Waals surface area contributed by atoms with Crippen LogP contribution in [0.25, 0.3) is 0 Å². The van der Waals surface area contributed by atoms with Gasteiger partial charge in [0.15, 0.2) is 0 Å². The van der Waals surface area contributed by atoms with Crippen LogP contribution in [-0.2, 0) is 6.54 Å². The molecule has 0 bridgehead atoms. The molecule has 6 heteroatoms. The number of carbonyl (C=O) groups excluding carboxylic acids is 1. The number of carbonyl (C=O) groups is 1. The largest absolute Gasteiger partial charge is 0.338 e. The molecule has 4 heterocycles. The molecule has 0 unspecified atom stereocenters. The minimum absolute atomic E-state index is 0.126. The van der Waals surface area contributed by atoms with Gasteiger partial charge in [-0.05, 0) is 36.4 Å². The lowest BCUT2D eigenvalue weighted by molar-refractivity contribution is 0.0669. The Morgan fingerprint density at radius 1 is 1.29 bits per heavy atom. The number of thiophene rings is 1. The van der Waals surface area contributed by atoms with Gasteiger partial charge in [0.25, 0.3) is 5.91 Å². The van der Waals surface area contributed by atoms with E-state index in [4.69, 9.17) is 0 Å². The average Bonchev–Trinajstić information content (AvgIpc) is 3.37. The fourth-order valence-electron chi connectivity index (χ4n) is 3.35. The standard InChI is InChI=1S/C18H20N4OS/c23-18(17-6-2-8-20(17)13-16-5-3-11-24-16)21-9-1-4-15(12-21)22-10-7-19-14-22/h2-3,5-8,10-11,14-15H,1,4,9,12-13H2/t15-/m0/s1. The Hall–Kier alpha value is -2.34. The van der Waals surface area contributed by atoms with E-state index in [9.17, 15) is 4.79 Å². The van der Waals surface area contributed by atoms with E-state index in [1.165, 1.54) is 4.88 Å². The zero-order valence-electron chi connectivity index (χ0n) is 13.4. The number of rotatable bonds is 4. The van der Waals surface area contributed by atoms with Crippen molar-refractivity contribution >= 4 is 17.2 Å². The number of hydrogen-bond donors (Lipinski definition) is 0. The summed E-state index contributed by atoms with van der Waals surface area (Å²) in [7, 11) is 0. The fourth-order valence-corrected chi connectivity index (χ4v) is 4.05. The van der Waals surface area contributed by atoms with Crippen molar-refractivity contribution in [1.29, 1.82) is 0 Å². The van der Waals surface area contributed by atoms with Crippen LogP contribution in [0.3, 0.4) is 0 Å². The Kier molecular flexibility index (Phi) is 4.21. The molecule has 0 N–H and O–H groups in total. The molecule has 1 aliphatic heterocycles. The summed E-state index contributed by atoms with van der Waals surface area (Å²) < 4.78 is 4.17. The number of piperidine rings is 1. The van der Waals surface area contributed by atoms with Gasteiger partial charge in [-0.1, -0.05) is 6.07 Å². The van der Waals surface area contributed by atoms with Crippen LogP contribution >= 0.6 is 11.3 Å². The summed E-state index contributed by atoms with van der Waals surface area (Å²) in [6.45, 7) is 2.33. The zero-order chi connectivity index (χ0) is 16.4. The molecular weight excluding hydrogens is 320 g/mol. The molecule has 124 valence electrons. The molecule has 3 aromatic rings. The number of nitrogens with zero attached hydrogens (tertiary/aromatic N) is 4. The van der Waals surface area contributed by atoms with Gasteiger partial charge in [-0.15, -0.1) is 11.3 Å². The molecular formula is C18H20N4OS. The van der Waals surface area contributed by atoms with Crippen molar-refractivity contribution in [3.05, 3.63) is 65.1 Å². The molecule has 0 radical (unpaired) electrons. The average molecular weight is 340 g/mol. The highest BCUT2D eigenvalue weighted by atomic mass is 32.1. The van der Waals surface area contributed by atoms with Crippen molar-refractivity contribution in [2.24, 2.45) is 0 Å². The number of aromatic nitrogens is 3. The van der Waals surface area contributed by atoms with Crippen molar-refractivity contribution in [2.45, 2.75) is 25.4 Å². The number of imidazole rings is 1. The minimum atomic E-state index is 0.126. The molecule has 4 rings (SSSR count). The number of likely N-dealkylation sites (tertiary alicyclic amines) is 1. The third-order valence-corrected chi connectivity index (χ3v) is 5.45. The summed E-state index contributed by atoms with van der Waals surface area (Å²) in [5.74, 6) is 0.126. The Bertz CT molecular complexity index is 791. The van der Waals surface area contributed by atoms with Gasteiger partial charge < -0.3 is 14.0 Å². The predicted octanol–water partition coefficient (Wildman–Crippen LogP) is 3.27. The van der Waals surface area contributed by atoms with E-state index < -0.39 is 0 Å². The monoisotopic (exact) mass is 340 g/mol. The molecule has 3 aromatic heterocycles. The Balaban J connectivity index is 1.50. The molecule has 1 saturated heterocycles. The van der Waals surface area contributed by atoms with Crippen molar-refractivity contribution in [3.63, 3.8) is 0 Å². The summed E-state index contributed by atoms with van der Waals surface area (Å²) in [6.07, 6.45) is 9.74. The second-order valence-electron chi connectivity index (χ2n) is 6.16. The van der Waals surface area contributed by atoms with Crippen LogP contribution in [-0.4, -0.2) is 38.0 Å². The first-order valence-corrected chi connectivity index (χ1v) is 9.13. The van der Waals surface area contributed by atoms with Gasteiger partial charge in [0.1, 0.15) is 5.69 Å². The first kappa shape index (κ1) is 15.2. The normalized spacial score (nSPS) is 18.0. The fraction of sp³-hybridized carbons (Fsp3) is 0.333. The van der Waals surface area contributed by atoms with Crippen LogP contribution in [0.1, 0.15) is 34.2 Å². The number of hydrogen-bond acceptors (Lipinski definition) is 3. The Morgan fingerprint density at radius 3 is 3.04 bits per heavy atom. The van der Waals surface area contributed by atoms with Gasteiger partial charge in [-0.3, -0.25) is 4.79 Å². The van der Waals surface area contributed by atoms with Gasteiger partial charge in [-0.25, -0.2) is 4.98 Å². The SMILES string of the molecule is O=C(c1cccn1Cc1cccs1)N1CCC[C@H](n2ccnc2)C1. The molecule has 1 fully saturated rings. The zero-order valence-corrected chi connectivity index (χ0v) is 14.2. The quantitative estimate of drug-likeness (QED) is 0.731. The first-order valence-electron chi connectivity index (χ1n) is 8.25. The highest BCUT2D eigenvalue weighted by Crippen LogP contribution is 2.23. The lowest BCUT2D eigenvalue weighted by Gasteiger charge is -2.33. The van der Waals surface area contributed by atoms with Crippen molar-refractivity contribution in [1.82, 2.24) is 19.0 Å².